The van der Waals surface area contributed by atoms with Crippen LogP contribution in [0.25, 0.3) is 0 Å². The van der Waals surface area contributed by atoms with Gasteiger partial charge >= 0.3 is 5.97 Å². The van der Waals surface area contributed by atoms with Crippen molar-refractivity contribution in [2.24, 2.45) is 15.1 Å². The Labute approximate surface area is 237 Å². The summed E-state index contributed by atoms with van der Waals surface area (Å²) in [7, 11) is 0. The van der Waals surface area contributed by atoms with E-state index in [2.05, 4.69) is 58.1 Å². The Hall–Kier alpha value is -4.84. The lowest BCUT2D eigenvalue weighted by atomic mass is 10.2. The normalized spacial score (nSPS) is 12.0. The average molecular weight is 627 g/mol. The summed E-state index contributed by atoms with van der Waals surface area (Å²) in [6.45, 7) is 0. The lowest BCUT2D eigenvalue weighted by molar-refractivity contribution is 0.0733. The third kappa shape index (κ3) is 7.36. The molecule has 0 unspecified atom stereocenters. The van der Waals surface area contributed by atoms with Gasteiger partial charge in [-0.25, -0.2) is 20.2 Å². The lowest BCUT2D eigenvalue weighted by Crippen LogP contribution is -2.28. The summed E-state index contributed by atoms with van der Waals surface area (Å²) in [6.07, 6.45) is 1.60. The van der Waals surface area contributed by atoms with Gasteiger partial charge in [-0.2, -0.15) is 10.1 Å². The van der Waals surface area contributed by atoms with Crippen LogP contribution in [0.3, 0.4) is 0 Å². The molecule has 0 atom stereocenters. The number of benzene rings is 4. The second-order valence-electron chi connectivity index (χ2n) is 8.09. The monoisotopic (exact) mass is 627 g/mol. The van der Waals surface area contributed by atoms with E-state index >= 15 is 0 Å². The SMILES string of the molecule is O=C(Oc1cccc(/C=N\Nc2nc(=Nc3ccccc3)[nH]c(=Nc3ccccc3)[nH]2)c1)c1ccccc1I. The molecule has 0 aliphatic carbocycles. The number of hydrazone groups is 1. The molecule has 3 N–H and O–H groups in total. The highest BCUT2D eigenvalue weighted by Crippen LogP contribution is 2.17. The van der Waals surface area contributed by atoms with Crippen LogP contribution in [0.15, 0.2) is 124 Å². The van der Waals surface area contributed by atoms with Crippen LogP contribution in [0.1, 0.15) is 15.9 Å². The molecular weight excluding hydrogens is 605 g/mol. The van der Waals surface area contributed by atoms with Gasteiger partial charge < -0.3 is 4.74 Å². The van der Waals surface area contributed by atoms with Crippen LogP contribution in [-0.2, 0) is 0 Å². The highest BCUT2D eigenvalue weighted by atomic mass is 127. The number of ether oxygens (including phenoxy) is 1. The van der Waals surface area contributed by atoms with E-state index in [1.807, 2.05) is 78.9 Å². The number of esters is 1. The molecule has 0 spiro atoms. The summed E-state index contributed by atoms with van der Waals surface area (Å²) in [5.41, 5.74) is 6.41. The van der Waals surface area contributed by atoms with Gasteiger partial charge in [0.1, 0.15) is 5.75 Å². The summed E-state index contributed by atoms with van der Waals surface area (Å²) in [5, 5.41) is 4.29. The van der Waals surface area contributed by atoms with E-state index in [1.54, 1.807) is 36.5 Å². The fraction of sp³-hybridized carbons (Fsp3) is 0. The Morgan fingerprint density at radius 1 is 0.821 bits per heavy atom. The van der Waals surface area contributed by atoms with Gasteiger partial charge in [-0.1, -0.05) is 60.7 Å². The minimum Gasteiger partial charge on any atom is -0.423 e. The van der Waals surface area contributed by atoms with Gasteiger partial charge in [0.05, 0.1) is 23.2 Å². The third-order valence-electron chi connectivity index (χ3n) is 5.22. The number of halogens is 1. The molecular formula is C29H22IN7O2. The molecule has 0 radical (unpaired) electrons. The van der Waals surface area contributed by atoms with Crippen LogP contribution in [0.4, 0.5) is 17.3 Å². The van der Waals surface area contributed by atoms with Crippen LogP contribution < -0.4 is 21.4 Å². The maximum absolute atomic E-state index is 12.6. The summed E-state index contributed by atoms with van der Waals surface area (Å²) >= 11 is 2.11. The molecule has 5 aromatic rings. The van der Waals surface area contributed by atoms with Crippen LogP contribution in [0.2, 0.25) is 0 Å². The van der Waals surface area contributed by atoms with Gasteiger partial charge in [0, 0.05) is 3.57 Å². The highest BCUT2D eigenvalue weighted by Gasteiger charge is 2.11. The van der Waals surface area contributed by atoms with Crippen LogP contribution in [0.5, 0.6) is 5.75 Å². The van der Waals surface area contributed by atoms with E-state index in [9.17, 15) is 4.79 Å². The van der Waals surface area contributed by atoms with Gasteiger partial charge in [0.15, 0.2) is 0 Å². The van der Waals surface area contributed by atoms with Crippen LogP contribution in [0, 0.1) is 3.57 Å². The van der Waals surface area contributed by atoms with Gasteiger partial charge in [-0.15, -0.1) is 0 Å². The quantitative estimate of drug-likeness (QED) is 0.0729. The number of rotatable bonds is 7. The molecule has 0 fully saturated rings. The first kappa shape index (κ1) is 25.8. The fourth-order valence-corrected chi connectivity index (χ4v) is 4.05. The Bertz CT molecular complexity index is 1680. The zero-order valence-corrected chi connectivity index (χ0v) is 22.6. The second kappa shape index (κ2) is 12.6. The van der Waals surface area contributed by atoms with Crippen LogP contribution in [-0.4, -0.2) is 27.1 Å². The number of carbonyl (C=O) groups excluding carboxylic acids is 1. The molecule has 1 heterocycles. The molecule has 0 bridgehead atoms. The summed E-state index contributed by atoms with van der Waals surface area (Å²) in [4.78, 5) is 32.3. The van der Waals surface area contributed by atoms with Crippen molar-refractivity contribution in [1.29, 1.82) is 0 Å². The molecule has 0 aliphatic rings. The Balaban J connectivity index is 1.37. The Morgan fingerprint density at radius 3 is 2.26 bits per heavy atom. The van der Waals surface area contributed by atoms with Crippen molar-refractivity contribution in [3.8, 4) is 5.75 Å². The number of H-pyrrole nitrogens is 2. The van der Waals surface area contributed by atoms with Crippen molar-refractivity contribution >= 4 is 52.1 Å². The van der Waals surface area contributed by atoms with Crippen molar-refractivity contribution in [1.82, 2.24) is 15.0 Å². The first-order chi connectivity index (χ1) is 19.1. The number of hydrogen-bond donors (Lipinski definition) is 3. The molecule has 4 aromatic carbocycles. The standard InChI is InChI=1S/C29H22IN7O2/c30-25-17-8-7-16-24(25)26(38)39-23-15-9-10-20(18-23)19-31-37-29-35-27(32-21-11-3-1-4-12-21)34-28(36-29)33-22-13-5-2-6-14-22/h1-19H,(H3,32,33,34,35,36,37)/b31-19-. The number of aromatic amines is 2. The second-order valence-corrected chi connectivity index (χ2v) is 9.25. The number of hydrogen-bond acceptors (Lipinski definition) is 7. The average Bonchev–Trinajstić information content (AvgIpc) is 2.94. The van der Waals surface area contributed by atoms with E-state index in [-0.39, 0.29) is 0 Å². The fourth-order valence-electron chi connectivity index (χ4n) is 3.44. The van der Waals surface area contributed by atoms with Crippen molar-refractivity contribution in [2.45, 2.75) is 0 Å². The summed E-state index contributed by atoms with van der Waals surface area (Å²) in [5.74, 6) is 0.321. The molecule has 192 valence electrons. The first-order valence-corrected chi connectivity index (χ1v) is 13.0. The first-order valence-electron chi connectivity index (χ1n) is 11.9. The summed E-state index contributed by atoms with van der Waals surface area (Å²) < 4.78 is 6.38. The van der Waals surface area contributed by atoms with Gasteiger partial charge in [0.25, 0.3) is 0 Å². The largest absolute Gasteiger partial charge is 0.423 e. The smallest absolute Gasteiger partial charge is 0.344 e. The molecule has 0 saturated heterocycles. The number of aromatic nitrogens is 3. The number of nitrogens with one attached hydrogen (secondary N) is 3. The van der Waals surface area contributed by atoms with Gasteiger partial charge in [-0.3, -0.25) is 9.97 Å². The van der Waals surface area contributed by atoms with E-state index in [1.165, 1.54) is 0 Å². The lowest BCUT2D eigenvalue weighted by Gasteiger charge is -2.06. The van der Waals surface area contributed by atoms with Gasteiger partial charge in [0.2, 0.25) is 17.2 Å². The zero-order valence-electron chi connectivity index (χ0n) is 20.5. The van der Waals surface area contributed by atoms with Crippen molar-refractivity contribution in [2.75, 3.05) is 5.43 Å². The van der Waals surface area contributed by atoms with E-state index in [0.29, 0.717) is 28.5 Å². The number of anilines is 1. The zero-order chi connectivity index (χ0) is 26.9. The van der Waals surface area contributed by atoms with Crippen LogP contribution >= 0.6 is 22.6 Å². The minimum atomic E-state index is -0.420. The molecule has 9 nitrogen and oxygen atoms in total. The Morgan fingerprint density at radius 2 is 1.51 bits per heavy atom. The number of para-hydroxylation sites is 2. The molecule has 0 amide bonds. The van der Waals surface area contributed by atoms with E-state index in [4.69, 9.17) is 4.74 Å². The predicted molar refractivity (Wildman–Crippen MR) is 158 cm³/mol. The van der Waals surface area contributed by atoms with Gasteiger partial charge in [-0.05, 0) is 76.7 Å². The minimum absolute atomic E-state index is 0.329. The maximum atomic E-state index is 12.6. The molecule has 39 heavy (non-hydrogen) atoms. The van der Waals surface area contributed by atoms with E-state index < -0.39 is 5.97 Å². The van der Waals surface area contributed by atoms with Crippen molar-refractivity contribution in [3.05, 3.63) is 135 Å². The third-order valence-corrected chi connectivity index (χ3v) is 6.16. The van der Waals surface area contributed by atoms with E-state index in [0.717, 1.165) is 20.5 Å². The molecule has 5 rings (SSSR count). The maximum Gasteiger partial charge on any atom is 0.344 e. The Kier molecular flexibility index (Phi) is 8.34. The topological polar surface area (TPSA) is 120 Å². The van der Waals surface area contributed by atoms with Crippen molar-refractivity contribution < 1.29 is 9.53 Å². The number of carbonyl (C=O) groups is 1. The highest BCUT2D eigenvalue weighted by molar-refractivity contribution is 14.1. The summed E-state index contributed by atoms with van der Waals surface area (Å²) in [6, 6.07) is 33.3. The van der Waals surface area contributed by atoms with Crippen molar-refractivity contribution in [3.63, 3.8) is 0 Å². The number of nitrogens with zero attached hydrogens (tertiary/aromatic N) is 4. The predicted octanol–water partition coefficient (Wildman–Crippen LogP) is 5.47. The molecule has 0 aliphatic heterocycles. The molecule has 1 aromatic heterocycles. The molecule has 10 heteroatoms. The molecule has 0 saturated carbocycles.